The van der Waals surface area contributed by atoms with Crippen molar-refractivity contribution in [2.24, 2.45) is 0 Å². The summed E-state index contributed by atoms with van der Waals surface area (Å²) in [5.74, 6) is 0.927. The number of rotatable bonds is 7. The molecule has 31 heavy (non-hydrogen) atoms. The van der Waals surface area contributed by atoms with Crippen LogP contribution in [-0.4, -0.2) is 61.2 Å². The van der Waals surface area contributed by atoms with E-state index in [9.17, 15) is 0 Å². The van der Waals surface area contributed by atoms with Gasteiger partial charge in [0.2, 0.25) is 0 Å². The van der Waals surface area contributed by atoms with Gasteiger partial charge in [0.15, 0.2) is 5.82 Å². The van der Waals surface area contributed by atoms with Gasteiger partial charge in [0.05, 0.1) is 11.6 Å². The van der Waals surface area contributed by atoms with Crippen LogP contribution in [0.3, 0.4) is 0 Å². The Balaban J connectivity index is 1.58. The van der Waals surface area contributed by atoms with E-state index in [1.165, 1.54) is 16.7 Å². The molecule has 164 valence electrons. The second-order valence-electron chi connectivity index (χ2n) is 9.10. The number of tetrazole rings is 1. The number of hydrogen-bond acceptors (Lipinski definition) is 6. The van der Waals surface area contributed by atoms with Gasteiger partial charge in [-0.15, -0.1) is 5.10 Å². The van der Waals surface area contributed by atoms with Crippen molar-refractivity contribution in [1.29, 1.82) is 0 Å². The number of pyridine rings is 1. The molecule has 3 aromatic rings. The van der Waals surface area contributed by atoms with Crippen molar-refractivity contribution in [2.45, 2.75) is 52.2 Å². The number of nitrogens with zero attached hydrogens (tertiary/aromatic N) is 7. The first-order chi connectivity index (χ1) is 15.0. The molecule has 7 heteroatoms. The van der Waals surface area contributed by atoms with Crippen LogP contribution >= 0.6 is 0 Å². The third-order valence-corrected chi connectivity index (χ3v) is 6.47. The molecular weight excluding hydrogens is 386 g/mol. The van der Waals surface area contributed by atoms with Crippen LogP contribution in [0.15, 0.2) is 48.8 Å². The minimum absolute atomic E-state index is 0.0435. The first-order valence-corrected chi connectivity index (χ1v) is 11.2. The van der Waals surface area contributed by atoms with E-state index in [0.29, 0.717) is 0 Å². The summed E-state index contributed by atoms with van der Waals surface area (Å²) < 4.78 is 2.03. The van der Waals surface area contributed by atoms with E-state index < -0.39 is 0 Å². The maximum atomic E-state index is 4.53. The zero-order valence-corrected chi connectivity index (χ0v) is 19.1. The predicted octanol–water partition coefficient (Wildman–Crippen LogP) is 3.43. The van der Waals surface area contributed by atoms with Crippen molar-refractivity contribution in [2.75, 3.05) is 26.2 Å². The van der Waals surface area contributed by atoms with Crippen molar-refractivity contribution < 1.29 is 0 Å². The van der Waals surface area contributed by atoms with Crippen molar-refractivity contribution in [3.63, 3.8) is 0 Å². The molecule has 0 spiro atoms. The molecule has 3 heterocycles. The van der Waals surface area contributed by atoms with Crippen LogP contribution < -0.4 is 0 Å². The largest absolute Gasteiger partial charge is 0.296 e. The lowest BCUT2D eigenvalue weighted by Gasteiger charge is -2.39. The van der Waals surface area contributed by atoms with Crippen LogP contribution in [0.4, 0.5) is 0 Å². The highest BCUT2D eigenvalue weighted by Crippen LogP contribution is 2.31. The normalized spacial score (nSPS) is 17.0. The summed E-state index contributed by atoms with van der Waals surface area (Å²) in [6.07, 6.45) is 4.75. The molecule has 0 bridgehead atoms. The molecule has 7 nitrogen and oxygen atoms in total. The highest BCUT2D eigenvalue weighted by Gasteiger charge is 2.34. The summed E-state index contributed by atoms with van der Waals surface area (Å²) in [4.78, 5) is 9.28. The molecule has 0 saturated carbocycles. The quantitative estimate of drug-likeness (QED) is 0.585. The van der Waals surface area contributed by atoms with E-state index in [1.807, 2.05) is 23.1 Å². The van der Waals surface area contributed by atoms with E-state index in [-0.39, 0.29) is 11.6 Å². The predicted molar refractivity (Wildman–Crippen MR) is 122 cm³/mol. The van der Waals surface area contributed by atoms with E-state index in [2.05, 4.69) is 88.3 Å². The summed E-state index contributed by atoms with van der Waals surface area (Å²) in [5, 5.41) is 13.0. The highest BCUT2D eigenvalue weighted by molar-refractivity contribution is 5.28. The molecule has 4 rings (SSSR count). The van der Waals surface area contributed by atoms with Crippen LogP contribution in [0, 0.1) is 6.92 Å². The maximum absolute atomic E-state index is 4.53. The molecule has 0 N–H and O–H groups in total. The Bertz CT molecular complexity index is 957. The van der Waals surface area contributed by atoms with Crippen molar-refractivity contribution >= 4 is 0 Å². The minimum Gasteiger partial charge on any atom is -0.296 e. The standard InChI is InChI=1S/C24H33N7/c1-5-24(3,4)31-23(26-27-28-31)22(21-10-8-19(2)9-11-21)30-15-13-29(14-16-30)18-20-7-6-12-25-17-20/h6-12,17,22H,5,13-16,18H2,1-4H3/t22-/m0/s1. The number of piperazine rings is 1. The van der Waals surface area contributed by atoms with Gasteiger partial charge in [-0.05, 0) is 54.8 Å². The van der Waals surface area contributed by atoms with Gasteiger partial charge < -0.3 is 0 Å². The number of aromatic nitrogens is 5. The topological polar surface area (TPSA) is 63.0 Å². The smallest absolute Gasteiger partial charge is 0.173 e. The van der Waals surface area contributed by atoms with Gasteiger partial charge in [-0.3, -0.25) is 14.8 Å². The Morgan fingerprint density at radius 3 is 2.42 bits per heavy atom. The molecule has 2 aromatic heterocycles. The van der Waals surface area contributed by atoms with Crippen LogP contribution in [0.2, 0.25) is 0 Å². The molecule has 1 aliphatic rings. The summed E-state index contributed by atoms with van der Waals surface area (Å²) in [7, 11) is 0. The monoisotopic (exact) mass is 419 g/mol. The van der Waals surface area contributed by atoms with E-state index in [1.54, 1.807) is 0 Å². The molecule has 0 unspecified atom stereocenters. The summed E-state index contributed by atoms with van der Waals surface area (Å²) in [5.41, 5.74) is 3.63. The fraction of sp³-hybridized carbons (Fsp3) is 0.500. The Labute approximate surface area is 185 Å². The first kappa shape index (κ1) is 21.6. The van der Waals surface area contributed by atoms with Crippen LogP contribution in [-0.2, 0) is 12.1 Å². The van der Waals surface area contributed by atoms with Gasteiger partial charge in [-0.2, -0.15) is 0 Å². The fourth-order valence-electron chi connectivity index (χ4n) is 4.15. The van der Waals surface area contributed by atoms with Gasteiger partial charge in [0, 0.05) is 45.1 Å². The molecule has 1 atom stereocenters. The number of aryl methyl sites for hydroxylation is 1. The van der Waals surface area contributed by atoms with Gasteiger partial charge in [0.25, 0.3) is 0 Å². The molecular formula is C24H33N7. The molecule has 0 radical (unpaired) electrons. The lowest BCUT2D eigenvalue weighted by molar-refractivity contribution is 0.0972. The molecule has 0 amide bonds. The Morgan fingerprint density at radius 2 is 1.77 bits per heavy atom. The van der Waals surface area contributed by atoms with E-state index >= 15 is 0 Å². The van der Waals surface area contributed by atoms with Crippen LogP contribution in [0.5, 0.6) is 0 Å². The fourth-order valence-corrected chi connectivity index (χ4v) is 4.15. The van der Waals surface area contributed by atoms with Crippen molar-refractivity contribution in [3.05, 3.63) is 71.3 Å². The van der Waals surface area contributed by atoms with E-state index in [0.717, 1.165) is 45.0 Å². The third-order valence-electron chi connectivity index (χ3n) is 6.47. The second kappa shape index (κ2) is 9.24. The zero-order chi connectivity index (χ0) is 21.8. The summed E-state index contributed by atoms with van der Waals surface area (Å²) in [6.45, 7) is 13.6. The van der Waals surface area contributed by atoms with E-state index in [4.69, 9.17) is 0 Å². The first-order valence-electron chi connectivity index (χ1n) is 11.2. The molecule has 1 aromatic carbocycles. The van der Waals surface area contributed by atoms with Crippen molar-refractivity contribution in [3.8, 4) is 0 Å². The second-order valence-corrected chi connectivity index (χ2v) is 9.10. The Hall–Kier alpha value is -2.64. The van der Waals surface area contributed by atoms with Gasteiger partial charge in [0.1, 0.15) is 0 Å². The van der Waals surface area contributed by atoms with Gasteiger partial charge in [-0.1, -0.05) is 42.8 Å². The molecule has 0 aliphatic carbocycles. The Kier molecular flexibility index (Phi) is 6.43. The molecule has 1 fully saturated rings. The highest BCUT2D eigenvalue weighted by atomic mass is 15.6. The lowest BCUT2D eigenvalue weighted by Crippen LogP contribution is -2.48. The summed E-state index contributed by atoms with van der Waals surface area (Å²) in [6, 6.07) is 13.0. The van der Waals surface area contributed by atoms with Crippen LogP contribution in [0.25, 0.3) is 0 Å². The molecule has 1 aliphatic heterocycles. The maximum Gasteiger partial charge on any atom is 0.173 e. The molecule has 1 saturated heterocycles. The minimum atomic E-state index is -0.135. The zero-order valence-electron chi connectivity index (χ0n) is 19.1. The Morgan fingerprint density at radius 1 is 1.03 bits per heavy atom. The number of benzene rings is 1. The SMILES string of the molecule is CCC(C)(C)n1nnnc1[C@H](c1ccc(C)cc1)N1CCN(Cc2cccnc2)CC1. The average molecular weight is 420 g/mol. The van der Waals surface area contributed by atoms with Gasteiger partial charge in [-0.25, -0.2) is 4.68 Å². The van der Waals surface area contributed by atoms with Crippen molar-refractivity contribution in [1.82, 2.24) is 35.0 Å². The average Bonchev–Trinajstić information content (AvgIpc) is 3.28. The third kappa shape index (κ3) is 4.83. The summed E-state index contributed by atoms with van der Waals surface area (Å²) >= 11 is 0. The number of hydrogen-bond donors (Lipinski definition) is 0. The van der Waals surface area contributed by atoms with Gasteiger partial charge >= 0.3 is 0 Å². The van der Waals surface area contributed by atoms with Crippen LogP contribution in [0.1, 0.15) is 55.7 Å². The lowest BCUT2D eigenvalue weighted by atomic mass is 9.98.